The number of aliphatic hydroxyl groups is 10. The normalized spacial score (nSPS) is 60.5. The zero-order valence-corrected chi connectivity index (χ0v) is 24.0. The van der Waals surface area contributed by atoms with Gasteiger partial charge in [-0.25, -0.2) is 0 Å². The molecule has 20 nitrogen and oxygen atoms in total. The zero-order valence-electron chi connectivity index (χ0n) is 23.1. The Balaban J connectivity index is 1.04. The lowest BCUT2D eigenvalue weighted by molar-refractivity contribution is -0.378. The highest BCUT2D eigenvalue weighted by Crippen LogP contribution is 2.61. The van der Waals surface area contributed by atoms with Crippen molar-refractivity contribution in [1.82, 2.24) is 0 Å². The molecule has 0 saturated carbocycles. The molecule has 258 valence electrons. The summed E-state index contributed by atoms with van der Waals surface area (Å²) in [6.45, 7) is -1.76. The van der Waals surface area contributed by atoms with Crippen LogP contribution in [-0.2, 0) is 47.4 Å². The van der Waals surface area contributed by atoms with Gasteiger partial charge in [0.05, 0.1) is 26.4 Å². The molecule has 45 heavy (non-hydrogen) atoms. The average molecular weight is 677 g/mol. The van der Waals surface area contributed by atoms with Crippen molar-refractivity contribution in [2.45, 2.75) is 121 Å². The number of hydrogen-bond acceptors (Lipinski definition) is 21. The van der Waals surface area contributed by atoms with Crippen molar-refractivity contribution < 1.29 is 98.4 Å². The van der Waals surface area contributed by atoms with Crippen molar-refractivity contribution in [3.63, 3.8) is 0 Å². The number of ether oxygens (including phenoxy) is 10. The van der Waals surface area contributed by atoms with Gasteiger partial charge >= 0.3 is 0 Å². The highest BCUT2D eigenvalue weighted by molar-refractivity contribution is 7.81. The van der Waals surface area contributed by atoms with Crippen LogP contribution in [0.15, 0.2) is 0 Å². The topological polar surface area (TPSA) is 298 Å². The second kappa shape index (κ2) is 11.6. The van der Waals surface area contributed by atoms with Crippen molar-refractivity contribution in [3.05, 3.63) is 0 Å². The van der Waals surface area contributed by atoms with Crippen LogP contribution in [0.25, 0.3) is 0 Å². The highest BCUT2D eigenvalue weighted by Gasteiger charge is 2.88. The van der Waals surface area contributed by atoms with E-state index in [9.17, 15) is 51.1 Å². The molecule has 7 aliphatic heterocycles. The molecule has 0 aromatic heterocycles. The second-order valence-corrected chi connectivity index (χ2v) is 12.6. The fourth-order valence-electron chi connectivity index (χ4n) is 6.70. The smallest absolute Gasteiger partial charge is 0.293 e. The standard InChI is InChI=1S/C24H36O20S/c25-1-5-9(27)15(11(29)20(38-5)40-13-7-3-35-16(13)10(28)19(32)37-7)41-21-12(30)17-14(8(39-21)4-36-17)43-24(45)23(34)22(33,44-23)18(31)6(2-26)42-24/h5-21,25-34,45H,1-4H2/t5-,6-,7+,8+,9-,10+,11-,12+,13+,14+,15+,16+,17+,18-,19-,20+,21+,22+,23-,24+/m1/s1. The molecule has 0 radical (unpaired) electrons. The maximum atomic E-state index is 11.2. The Kier molecular flexibility index (Phi) is 8.50. The van der Waals surface area contributed by atoms with Crippen LogP contribution in [0.1, 0.15) is 0 Å². The van der Waals surface area contributed by atoms with E-state index >= 15 is 0 Å². The Labute approximate surface area is 258 Å². The quantitative estimate of drug-likeness (QED) is 0.0646. The minimum atomic E-state index is -2.68. The summed E-state index contributed by atoms with van der Waals surface area (Å²) in [4.78, 5) is 0. The fraction of sp³-hybridized carbons (Fsp3) is 1.00. The first-order valence-corrected chi connectivity index (χ1v) is 14.7. The van der Waals surface area contributed by atoms with E-state index < -0.39 is 134 Å². The summed E-state index contributed by atoms with van der Waals surface area (Å²) in [5.41, 5.74) is 0. The van der Waals surface area contributed by atoms with Crippen molar-refractivity contribution in [1.29, 1.82) is 0 Å². The Morgan fingerprint density at radius 2 is 1.29 bits per heavy atom. The molecule has 7 aliphatic rings. The highest BCUT2D eigenvalue weighted by atomic mass is 32.1. The molecule has 21 heteroatoms. The number of epoxide rings is 1. The van der Waals surface area contributed by atoms with Crippen LogP contribution >= 0.6 is 12.6 Å². The van der Waals surface area contributed by atoms with E-state index in [0.717, 1.165) is 0 Å². The Bertz CT molecular complexity index is 1110. The van der Waals surface area contributed by atoms with E-state index in [0.29, 0.717) is 0 Å². The van der Waals surface area contributed by atoms with Crippen LogP contribution in [0.2, 0.25) is 0 Å². The van der Waals surface area contributed by atoms with Gasteiger partial charge in [0.25, 0.3) is 16.7 Å². The Morgan fingerprint density at radius 3 is 1.96 bits per heavy atom. The molecule has 0 aromatic rings. The number of rotatable bonds is 8. The number of fused-ring (bicyclic) bond motifs is 5. The second-order valence-electron chi connectivity index (χ2n) is 12.0. The lowest BCUT2D eigenvalue weighted by atomic mass is 9.96. The SMILES string of the molecule is OC[C@H]1O[C@@H](O[C@@H]2[C@H]3OC[C@@H]2O[C@@H](O)[C@H]3O)[C@H](O)[C@@H](O[C@@H]2O[C@H]3CO[C@@H]([C@@H]2O)[C@H]3O[C@@]2(S)O[C@H](CO)[C@@H](O)[C@]3(O)O[C@@]23O)[C@@H]1O. The number of thiol groups is 1. The first kappa shape index (κ1) is 33.1. The molecule has 10 N–H and O–H groups in total. The molecule has 7 saturated heterocycles. The maximum absolute atomic E-state index is 11.2. The summed E-state index contributed by atoms with van der Waals surface area (Å²) >= 11 is 4.20. The van der Waals surface area contributed by atoms with Gasteiger partial charge in [0.2, 0.25) is 0 Å². The van der Waals surface area contributed by atoms with Crippen LogP contribution in [0.4, 0.5) is 0 Å². The van der Waals surface area contributed by atoms with Crippen molar-refractivity contribution >= 4 is 12.6 Å². The minimum absolute atomic E-state index is 0.0327. The van der Waals surface area contributed by atoms with Crippen LogP contribution in [0.5, 0.6) is 0 Å². The molecule has 7 heterocycles. The minimum Gasteiger partial charge on any atom is -0.394 e. The predicted octanol–water partition coefficient (Wildman–Crippen LogP) is -7.71. The summed E-state index contributed by atoms with van der Waals surface area (Å²) in [7, 11) is 0. The lowest BCUT2D eigenvalue weighted by Gasteiger charge is -2.47. The van der Waals surface area contributed by atoms with E-state index in [1.165, 1.54) is 0 Å². The largest absolute Gasteiger partial charge is 0.394 e. The van der Waals surface area contributed by atoms with Gasteiger partial charge in [-0.3, -0.25) is 4.74 Å². The van der Waals surface area contributed by atoms with E-state index in [1.807, 2.05) is 0 Å². The molecule has 20 atom stereocenters. The Morgan fingerprint density at radius 1 is 0.689 bits per heavy atom. The third-order valence-electron chi connectivity index (χ3n) is 9.27. The van der Waals surface area contributed by atoms with Crippen LogP contribution in [-0.4, -0.2) is 199 Å². The molecule has 0 aliphatic carbocycles. The van der Waals surface area contributed by atoms with E-state index in [2.05, 4.69) is 12.6 Å². The lowest BCUT2D eigenvalue weighted by Crippen LogP contribution is -2.67. The molecule has 0 unspecified atom stereocenters. The van der Waals surface area contributed by atoms with Crippen molar-refractivity contribution in [3.8, 4) is 0 Å². The van der Waals surface area contributed by atoms with Crippen molar-refractivity contribution in [2.24, 2.45) is 0 Å². The van der Waals surface area contributed by atoms with Gasteiger partial charge < -0.3 is 93.7 Å². The number of hydrogen-bond donors (Lipinski definition) is 11. The summed E-state index contributed by atoms with van der Waals surface area (Å²) in [5.74, 6) is -5.26. The molecular formula is C24H36O20S. The first-order valence-electron chi connectivity index (χ1n) is 14.3. The molecule has 0 aromatic carbocycles. The average Bonchev–Trinajstić information content (AvgIpc) is 3.31. The van der Waals surface area contributed by atoms with Crippen LogP contribution < -0.4 is 0 Å². The van der Waals surface area contributed by atoms with Gasteiger partial charge in [0.1, 0.15) is 85.5 Å². The monoisotopic (exact) mass is 676 g/mol. The summed E-state index contributed by atoms with van der Waals surface area (Å²) in [6.07, 6.45) is -23.9. The van der Waals surface area contributed by atoms with Crippen LogP contribution in [0, 0.1) is 0 Å². The molecule has 0 spiro atoms. The summed E-state index contributed by atoms with van der Waals surface area (Å²) in [5, 5.41) is 102. The van der Waals surface area contributed by atoms with Gasteiger partial charge in [-0.15, -0.1) is 12.6 Å². The summed E-state index contributed by atoms with van der Waals surface area (Å²) < 4.78 is 55.6. The first-order chi connectivity index (χ1) is 21.3. The zero-order chi connectivity index (χ0) is 32.2. The molecule has 0 amide bonds. The predicted molar refractivity (Wildman–Crippen MR) is 134 cm³/mol. The molecule has 7 fully saturated rings. The third-order valence-corrected chi connectivity index (χ3v) is 9.79. The van der Waals surface area contributed by atoms with E-state index in [1.54, 1.807) is 0 Å². The van der Waals surface area contributed by atoms with Gasteiger partial charge in [0.15, 0.2) is 18.9 Å². The molecular weight excluding hydrogens is 640 g/mol. The molecule has 7 rings (SSSR count). The molecule has 4 bridgehead atoms. The third kappa shape index (κ3) is 4.93. The summed E-state index contributed by atoms with van der Waals surface area (Å²) in [6, 6.07) is 0. The van der Waals surface area contributed by atoms with Gasteiger partial charge in [0, 0.05) is 0 Å². The van der Waals surface area contributed by atoms with Gasteiger partial charge in [-0.1, -0.05) is 0 Å². The van der Waals surface area contributed by atoms with E-state index in [4.69, 9.17) is 47.4 Å². The van der Waals surface area contributed by atoms with Gasteiger partial charge in [-0.2, -0.15) is 0 Å². The van der Waals surface area contributed by atoms with Gasteiger partial charge in [-0.05, 0) is 0 Å². The van der Waals surface area contributed by atoms with Crippen molar-refractivity contribution in [2.75, 3.05) is 26.4 Å². The number of aliphatic hydroxyl groups excluding tert-OH is 8. The van der Waals surface area contributed by atoms with Crippen LogP contribution in [0.3, 0.4) is 0 Å². The fourth-order valence-corrected chi connectivity index (χ4v) is 7.16. The van der Waals surface area contributed by atoms with E-state index in [-0.39, 0.29) is 13.2 Å². The maximum Gasteiger partial charge on any atom is 0.293 e. The Hall–Kier alpha value is -0.450.